The molecular weight excluding hydrogens is 248 g/mol. The normalized spacial score (nSPS) is 24.4. The largest absolute Gasteiger partial charge is 0.494 e. The molecule has 2 nitrogen and oxygen atoms in total. The molecule has 1 aromatic rings. The van der Waals surface area contributed by atoms with Crippen molar-refractivity contribution < 1.29 is 9.84 Å². The summed E-state index contributed by atoms with van der Waals surface area (Å²) in [6, 6.07) is 8.01. The molecule has 3 atom stereocenters. The Balaban J connectivity index is 1.91. The van der Waals surface area contributed by atoms with Crippen molar-refractivity contribution in [3.05, 3.63) is 29.8 Å². The van der Waals surface area contributed by atoms with Crippen molar-refractivity contribution in [1.29, 1.82) is 0 Å². The molecule has 1 N–H and O–H groups in total. The standard InChI is InChI=1S/C18H28O2/c1-3-4-12-20-17-10-8-15(9-11-17)18(19)16-7-5-6-14(2)13-16/h8-11,14,16,18-19H,3-7,12-13H2,1-2H3. The average Bonchev–Trinajstić information content (AvgIpc) is 2.47. The van der Waals surface area contributed by atoms with Gasteiger partial charge in [0.15, 0.2) is 0 Å². The fourth-order valence-corrected chi connectivity index (χ4v) is 3.14. The number of unbranched alkanes of at least 4 members (excludes halogenated alkanes) is 1. The number of hydrogen-bond donors (Lipinski definition) is 1. The molecule has 2 rings (SSSR count). The molecule has 1 aromatic carbocycles. The molecule has 3 unspecified atom stereocenters. The Kier molecular flexibility index (Phi) is 5.90. The summed E-state index contributed by atoms with van der Waals surface area (Å²) in [5, 5.41) is 10.5. The van der Waals surface area contributed by atoms with Crippen molar-refractivity contribution in [2.45, 2.75) is 58.5 Å². The van der Waals surface area contributed by atoms with Crippen molar-refractivity contribution in [3.8, 4) is 5.75 Å². The van der Waals surface area contributed by atoms with Crippen molar-refractivity contribution in [2.24, 2.45) is 11.8 Å². The molecule has 1 saturated carbocycles. The molecule has 1 aliphatic rings. The second-order valence-corrected chi connectivity index (χ2v) is 6.25. The Hall–Kier alpha value is -1.02. The van der Waals surface area contributed by atoms with Gasteiger partial charge < -0.3 is 9.84 Å². The van der Waals surface area contributed by atoms with Crippen LogP contribution in [-0.4, -0.2) is 11.7 Å². The van der Waals surface area contributed by atoms with E-state index >= 15 is 0 Å². The van der Waals surface area contributed by atoms with Gasteiger partial charge in [0.1, 0.15) is 5.75 Å². The van der Waals surface area contributed by atoms with E-state index in [2.05, 4.69) is 13.8 Å². The quantitative estimate of drug-likeness (QED) is 0.761. The summed E-state index contributed by atoms with van der Waals surface area (Å²) in [7, 11) is 0. The van der Waals surface area contributed by atoms with Crippen LogP contribution in [0.3, 0.4) is 0 Å². The summed E-state index contributed by atoms with van der Waals surface area (Å²) in [6.07, 6.45) is 6.79. The van der Waals surface area contributed by atoms with Gasteiger partial charge in [0.05, 0.1) is 12.7 Å². The van der Waals surface area contributed by atoms with Crippen molar-refractivity contribution in [3.63, 3.8) is 0 Å². The van der Waals surface area contributed by atoms with Crippen molar-refractivity contribution >= 4 is 0 Å². The van der Waals surface area contributed by atoms with Crippen LogP contribution in [0.15, 0.2) is 24.3 Å². The zero-order chi connectivity index (χ0) is 14.4. The number of benzene rings is 1. The van der Waals surface area contributed by atoms with Crippen LogP contribution in [0.5, 0.6) is 5.75 Å². The van der Waals surface area contributed by atoms with E-state index in [0.717, 1.165) is 49.5 Å². The third-order valence-electron chi connectivity index (χ3n) is 4.41. The summed E-state index contributed by atoms with van der Waals surface area (Å²) < 4.78 is 5.66. The number of aliphatic hydroxyl groups excluding tert-OH is 1. The Morgan fingerprint density at radius 2 is 2.00 bits per heavy atom. The zero-order valence-corrected chi connectivity index (χ0v) is 12.8. The fraction of sp³-hybridized carbons (Fsp3) is 0.667. The Labute approximate surface area is 123 Å². The maximum atomic E-state index is 10.5. The molecule has 1 fully saturated rings. The predicted molar refractivity (Wildman–Crippen MR) is 82.9 cm³/mol. The maximum absolute atomic E-state index is 10.5. The van der Waals surface area contributed by atoms with Gasteiger partial charge in [-0.05, 0) is 48.8 Å². The van der Waals surface area contributed by atoms with Gasteiger partial charge in [-0.3, -0.25) is 0 Å². The minimum atomic E-state index is -0.317. The molecule has 0 bridgehead atoms. The van der Waals surface area contributed by atoms with Crippen LogP contribution in [0.2, 0.25) is 0 Å². The van der Waals surface area contributed by atoms with E-state index in [1.165, 1.54) is 12.8 Å². The molecule has 0 aromatic heterocycles. The minimum Gasteiger partial charge on any atom is -0.494 e. The molecule has 0 spiro atoms. The van der Waals surface area contributed by atoms with Gasteiger partial charge in [-0.25, -0.2) is 0 Å². The predicted octanol–water partition coefficient (Wildman–Crippen LogP) is 4.73. The molecule has 0 radical (unpaired) electrons. The molecule has 1 aliphatic carbocycles. The third kappa shape index (κ3) is 4.24. The topological polar surface area (TPSA) is 29.5 Å². The van der Waals surface area contributed by atoms with E-state index in [1.807, 2.05) is 24.3 Å². The van der Waals surface area contributed by atoms with Crippen LogP contribution in [0.4, 0.5) is 0 Å². The lowest BCUT2D eigenvalue weighted by Gasteiger charge is -2.30. The first-order valence-corrected chi connectivity index (χ1v) is 8.11. The van der Waals surface area contributed by atoms with Crippen LogP contribution in [0.25, 0.3) is 0 Å². The molecule has 0 heterocycles. The third-order valence-corrected chi connectivity index (χ3v) is 4.41. The van der Waals surface area contributed by atoms with Crippen LogP contribution < -0.4 is 4.74 Å². The van der Waals surface area contributed by atoms with Gasteiger partial charge in [-0.15, -0.1) is 0 Å². The van der Waals surface area contributed by atoms with Crippen molar-refractivity contribution in [2.75, 3.05) is 6.61 Å². The smallest absolute Gasteiger partial charge is 0.119 e. The van der Waals surface area contributed by atoms with Crippen LogP contribution in [-0.2, 0) is 0 Å². The molecule has 0 saturated heterocycles. The SMILES string of the molecule is CCCCOc1ccc(C(O)C2CCCC(C)C2)cc1. The molecular formula is C18H28O2. The molecule has 0 aliphatic heterocycles. The number of rotatable bonds is 6. The number of hydrogen-bond acceptors (Lipinski definition) is 2. The Morgan fingerprint density at radius 1 is 1.25 bits per heavy atom. The van der Waals surface area contributed by atoms with Gasteiger partial charge in [0.2, 0.25) is 0 Å². The summed E-state index contributed by atoms with van der Waals surface area (Å²) in [6.45, 7) is 5.23. The van der Waals surface area contributed by atoms with Gasteiger partial charge in [0.25, 0.3) is 0 Å². The molecule has 0 amide bonds. The van der Waals surface area contributed by atoms with Gasteiger partial charge in [-0.2, -0.15) is 0 Å². The van der Waals surface area contributed by atoms with E-state index in [1.54, 1.807) is 0 Å². The summed E-state index contributed by atoms with van der Waals surface area (Å²) in [5.74, 6) is 2.08. The van der Waals surface area contributed by atoms with Gasteiger partial charge in [-0.1, -0.05) is 45.2 Å². The van der Waals surface area contributed by atoms with E-state index in [0.29, 0.717) is 5.92 Å². The number of ether oxygens (including phenoxy) is 1. The second kappa shape index (κ2) is 7.68. The Morgan fingerprint density at radius 3 is 2.65 bits per heavy atom. The first-order chi connectivity index (χ1) is 9.70. The highest BCUT2D eigenvalue weighted by Crippen LogP contribution is 2.37. The Bertz CT molecular complexity index is 385. The average molecular weight is 276 g/mol. The molecule has 2 heteroatoms. The first kappa shape index (κ1) is 15.4. The van der Waals surface area contributed by atoms with Crippen LogP contribution in [0.1, 0.15) is 64.0 Å². The van der Waals surface area contributed by atoms with Gasteiger partial charge in [0, 0.05) is 0 Å². The van der Waals surface area contributed by atoms with E-state index < -0.39 is 0 Å². The second-order valence-electron chi connectivity index (χ2n) is 6.25. The van der Waals surface area contributed by atoms with E-state index in [9.17, 15) is 5.11 Å². The summed E-state index contributed by atoms with van der Waals surface area (Å²) in [5.41, 5.74) is 1.03. The van der Waals surface area contributed by atoms with Gasteiger partial charge >= 0.3 is 0 Å². The monoisotopic (exact) mass is 276 g/mol. The lowest BCUT2D eigenvalue weighted by Crippen LogP contribution is -2.20. The lowest BCUT2D eigenvalue weighted by atomic mass is 9.78. The van der Waals surface area contributed by atoms with Crippen LogP contribution >= 0.6 is 0 Å². The fourth-order valence-electron chi connectivity index (χ4n) is 3.14. The highest BCUT2D eigenvalue weighted by molar-refractivity contribution is 5.28. The highest BCUT2D eigenvalue weighted by Gasteiger charge is 2.26. The van der Waals surface area contributed by atoms with E-state index in [4.69, 9.17) is 4.74 Å². The maximum Gasteiger partial charge on any atom is 0.119 e. The zero-order valence-electron chi connectivity index (χ0n) is 12.8. The summed E-state index contributed by atoms with van der Waals surface area (Å²) in [4.78, 5) is 0. The molecule has 112 valence electrons. The van der Waals surface area contributed by atoms with E-state index in [-0.39, 0.29) is 6.10 Å². The minimum absolute atomic E-state index is 0.317. The lowest BCUT2D eigenvalue weighted by molar-refractivity contribution is 0.0713. The highest BCUT2D eigenvalue weighted by atomic mass is 16.5. The van der Waals surface area contributed by atoms with Crippen LogP contribution in [0, 0.1) is 11.8 Å². The number of aliphatic hydroxyl groups is 1. The summed E-state index contributed by atoms with van der Waals surface area (Å²) >= 11 is 0. The molecule has 20 heavy (non-hydrogen) atoms. The first-order valence-electron chi connectivity index (χ1n) is 8.11. The van der Waals surface area contributed by atoms with Crippen molar-refractivity contribution in [1.82, 2.24) is 0 Å².